The monoisotopic (exact) mass is 293 g/mol. The zero-order chi connectivity index (χ0) is 14.5. The molecule has 0 aromatic carbocycles. The molecule has 0 aromatic heterocycles. The molecule has 112 valence electrons. The molecule has 19 heavy (non-hydrogen) atoms. The molecule has 0 spiro atoms. The molecule has 0 radical (unpaired) electrons. The van der Waals surface area contributed by atoms with Crippen LogP contribution in [0.4, 0.5) is 0 Å². The van der Waals surface area contributed by atoms with E-state index in [0.717, 1.165) is 0 Å². The van der Waals surface area contributed by atoms with Gasteiger partial charge in [-0.25, -0.2) is 13.1 Å². The van der Waals surface area contributed by atoms with Crippen LogP contribution in [0.15, 0.2) is 0 Å². The van der Waals surface area contributed by atoms with Gasteiger partial charge in [-0.15, -0.1) is 0 Å². The standard InChI is InChI=1S/C12H23NO5S/c1-9(2)7-11(12(14)15)13-19(16,17)8-10-3-5-18-6-4-10/h9-11,13H,3-8H2,1-2H3,(H,14,15)/t11-/m0/s1. The minimum Gasteiger partial charge on any atom is -0.480 e. The van der Waals surface area contributed by atoms with E-state index < -0.39 is 22.0 Å². The second kappa shape index (κ2) is 7.21. The summed E-state index contributed by atoms with van der Waals surface area (Å²) in [6.07, 6.45) is 1.72. The average Bonchev–Trinajstić information content (AvgIpc) is 2.27. The number of nitrogens with one attached hydrogen (secondary N) is 1. The van der Waals surface area contributed by atoms with Crippen molar-refractivity contribution >= 4 is 16.0 Å². The van der Waals surface area contributed by atoms with Crippen LogP contribution in [0.5, 0.6) is 0 Å². The Morgan fingerprint density at radius 2 is 1.95 bits per heavy atom. The maximum atomic E-state index is 12.0. The van der Waals surface area contributed by atoms with Crippen molar-refractivity contribution < 1.29 is 23.1 Å². The van der Waals surface area contributed by atoms with Crippen LogP contribution >= 0.6 is 0 Å². The Kier molecular flexibility index (Phi) is 6.22. The molecule has 1 fully saturated rings. The van der Waals surface area contributed by atoms with E-state index in [4.69, 9.17) is 9.84 Å². The van der Waals surface area contributed by atoms with Gasteiger partial charge in [0.2, 0.25) is 10.0 Å². The number of aliphatic carboxylic acids is 1. The van der Waals surface area contributed by atoms with Gasteiger partial charge in [-0.2, -0.15) is 0 Å². The number of ether oxygens (including phenoxy) is 1. The fourth-order valence-electron chi connectivity index (χ4n) is 2.16. The molecule has 0 aliphatic carbocycles. The number of carboxylic acid groups (broad SMARTS) is 1. The zero-order valence-electron chi connectivity index (χ0n) is 11.5. The Balaban J connectivity index is 2.57. The molecule has 0 unspecified atom stereocenters. The molecule has 1 aliphatic heterocycles. The molecular formula is C12H23NO5S. The summed E-state index contributed by atoms with van der Waals surface area (Å²) in [7, 11) is -3.56. The number of carbonyl (C=O) groups is 1. The van der Waals surface area contributed by atoms with Crippen LogP contribution < -0.4 is 4.72 Å². The molecule has 1 aliphatic rings. The molecule has 7 heteroatoms. The predicted octanol–water partition coefficient (Wildman–Crippen LogP) is 0.832. The molecule has 1 saturated heterocycles. The first-order chi connectivity index (χ1) is 8.80. The maximum Gasteiger partial charge on any atom is 0.321 e. The van der Waals surface area contributed by atoms with Gasteiger partial charge >= 0.3 is 5.97 Å². The van der Waals surface area contributed by atoms with E-state index in [1.165, 1.54) is 0 Å². The Bertz CT molecular complexity index is 387. The smallest absolute Gasteiger partial charge is 0.321 e. The summed E-state index contributed by atoms with van der Waals surface area (Å²) < 4.78 is 31.4. The van der Waals surface area contributed by atoms with E-state index in [2.05, 4.69) is 4.72 Å². The number of hydrogen-bond acceptors (Lipinski definition) is 4. The van der Waals surface area contributed by atoms with E-state index in [-0.39, 0.29) is 17.6 Å². The first-order valence-electron chi connectivity index (χ1n) is 6.60. The van der Waals surface area contributed by atoms with E-state index in [1.54, 1.807) is 0 Å². The normalized spacial score (nSPS) is 19.5. The molecule has 1 heterocycles. The van der Waals surface area contributed by atoms with Crippen LogP contribution in [0.25, 0.3) is 0 Å². The van der Waals surface area contributed by atoms with Crippen molar-refractivity contribution in [3.8, 4) is 0 Å². The van der Waals surface area contributed by atoms with Crippen molar-refractivity contribution in [1.29, 1.82) is 0 Å². The van der Waals surface area contributed by atoms with E-state index in [1.807, 2.05) is 13.8 Å². The quantitative estimate of drug-likeness (QED) is 0.725. The summed E-state index contributed by atoms with van der Waals surface area (Å²) in [6.45, 7) is 4.88. The van der Waals surface area contributed by atoms with E-state index >= 15 is 0 Å². The fourth-order valence-corrected chi connectivity index (χ4v) is 3.84. The Labute approximate surface area is 114 Å². The molecule has 0 saturated carbocycles. The van der Waals surface area contributed by atoms with Gasteiger partial charge < -0.3 is 9.84 Å². The van der Waals surface area contributed by atoms with E-state index in [9.17, 15) is 13.2 Å². The minimum absolute atomic E-state index is 0.0156. The highest BCUT2D eigenvalue weighted by Gasteiger charge is 2.27. The third-order valence-corrected chi connectivity index (χ3v) is 4.68. The zero-order valence-corrected chi connectivity index (χ0v) is 12.3. The van der Waals surface area contributed by atoms with Gasteiger partial charge in [0.25, 0.3) is 0 Å². The van der Waals surface area contributed by atoms with Crippen LogP contribution in [-0.4, -0.2) is 44.5 Å². The average molecular weight is 293 g/mol. The van der Waals surface area contributed by atoms with Crippen LogP contribution in [0.1, 0.15) is 33.1 Å². The molecule has 0 aromatic rings. The summed E-state index contributed by atoms with van der Waals surface area (Å²) in [5.41, 5.74) is 0. The molecule has 2 N–H and O–H groups in total. The molecule has 6 nitrogen and oxygen atoms in total. The number of hydrogen-bond donors (Lipinski definition) is 2. The lowest BCUT2D eigenvalue weighted by Crippen LogP contribution is -2.44. The lowest BCUT2D eigenvalue weighted by Gasteiger charge is -2.23. The summed E-state index contributed by atoms with van der Waals surface area (Å²) in [5, 5.41) is 9.04. The highest BCUT2D eigenvalue weighted by molar-refractivity contribution is 7.89. The third kappa shape index (κ3) is 6.35. The third-order valence-electron chi connectivity index (χ3n) is 3.12. The van der Waals surface area contributed by atoms with Crippen molar-refractivity contribution in [2.45, 2.75) is 39.2 Å². The van der Waals surface area contributed by atoms with Crippen LogP contribution in [-0.2, 0) is 19.6 Å². The Hall–Kier alpha value is -0.660. The highest BCUT2D eigenvalue weighted by Crippen LogP contribution is 2.17. The number of carboxylic acids is 1. The van der Waals surface area contributed by atoms with Crippen molar-refractivity contribution in [3.05, 3.63) is 0 Å². The van der Waals surface area contributed by atoms with Gasteiger partial charge in [-0.1, -0.05) is 13.8 Å². The van der Waals surface area contributed by atoms with Crippen molar-refractivity contribution in [3.63, 3.8) is 0 Å². The number of rotatable bonds is 7. The largest absolute Gasteiger partial charge is 0.480 e. The van der Waals surface area contributed by atoms with Gasteiger partial charge in [0, 0.05) is 13.2 Å². The second-order valence-corrected chi connectivity index (χ2v) is 7.27. The first-order valence-corrected chi connectivity index (χ1v) is 8.26. The van der Waals surface area contributed by atoms with Gasteiger partial charge in [0.1, 0.15) is 6.04 Å². The van der Waals surface area contributed by atoms with Gasteiger partial charge in [0.05, 0.1) is 5.75 Å². The topological polar surface area (TPSA) is 92.7 Å². The van der Waals surface area contributed by atoms with E-state index in [0.29, 0.717) is 32.5 Å². The molecule has 0 amide bonds. The molecule has 0 bridgehead atoms. The van der Waals surface area contributed by atoms with Crippen LogP contribution in [0, 0.1) is 11.8 Å². The summed E-state index contributed by atoms with van der Waals surface area (Å²) in [5.74, 6) is -0.964. The van der Waals surface area contributed by atoms with Gasteiger partial charge in [0.15, 0.2) is 0 Å². The van der Waals surface area contributed by atoms with Crippen LogP contribution in [0.3, 0.4) is 0 Å². The minimum atomic E-state index is -3.56. The Morgan fingerprint density at radius 1 is 1.37 bits per heavy atom. The summed E-state index contributed by atoms with van der Waals surface area (Å²) in [4.78, 5) is 11.1. The molecule has 1 atom stereocenters. The van der Waals surface area contributed by atoms with Crippen molar-refractivity contribution in [2.75, 3.05) is 19.0 Å². The lowest BCUT2D eigenvalue weighted by molar-refractivity contribution is -0.139. The highest BCUT2D eigenvalue weighted by atomic mass is 32.2. The maximum absolute atomic E-state index is 12.0. The summed E-state index contributed by atoms with van der Waals surface area (Å²) in [6, 6.07) is -1.04. The lowest BCUT2D eigenvalue weighted by atomic mass is 10.0. The van der Waals surface area contributed by atoms with Crippen molar-refractivity contribution in [2.24, 2.45) is 11.8 Å². The van der Waals surface area contributed by atoms with Crippen LogP contribution in [0.2, 0.25) is 0 Å². The Morgan fingerprint density at radius 3 is 2.42 bits per heavy atom. The predicted molar refractivity (Wildman–Crippen MR) is 71.3 cm³/mol. The SMILES string of the molecule is CC(C)C[C@H](NS(=O)(=O)CC1CCOCC1)C(=O)O. The fraction of sp³-hybridized carbons (Fsp3) is 0.917. The van der Waals surface area contributed by atoms with Crippen molar-refractivity contribution in [1.82, 2.24) is 4.72 Å². The molecular weight excluding hydrogens is 270 g/mol. The second-order valence-electron chi connectivity index (χ2n) is 5.48. The molecule has 1 rings (SSSR count). The first kappa shape index (κ1) is 16.4. The van der Waals surface area contributed by atoms with Gasteiger partial charge in [-0.3, -0.25) is 4.79 Å². The van der Waals surface area contributed by atoms with Gasteiger partial charge in [-0.05, 0) is 31.1 Å². The number of sulfonamides is 1. The summed E-state index contributed by atoms with van der Waals surface area (Å²) >= 11 is 0.